The Hall–Kier alpha value is -1.72. The van der Waals surface area contributed by atoms with Gasteiger partial charge in [-0.05, 0) is 20.0 Å². The number of nitrogens with zero attached hydrogens (tertiary/aromatic N) is 2. The molecule has 2 aromatic rings. The fourth-order valence-electron chi connectivity index (χ4n) is 2.57. The zero-order valence-corrected chi connectivity index (χ0v) is 12.9. The summed E-state index contributed by atoms with van der Waals surface area (Å²) in [6, 6.07) is 10.1. The normalized spacial score (nSPS) is 18.8. The fourth-order valence-corrected chi connectivity index (χ4v) is 3.43. The number of aromatic nitrogens is 1. The molecule has 0 bridgehead atoms. The molecule has 0 spiro atoms. The SMILES string of the molecule is CN1CC[C@@H](C(=O)NCc2cnc(-c3ccccc3)s2)C1. The number of amides is 1. The molecule has 2 heterocycles. The molecule has 1 aliphatic rings. The van der Waals surface area contributed by atoms with Crippen molar-refractivity contribution in [2.24, 2.45) is 5.92 Å². The average molecular weight is 301 g/mol. The summed E-state index contributed by atoms with van der Waals surface area (Å²) in [6.07, 6.45) is 2.81. The van der Waals surface area contributed by atoms with Crippen LogP contribution in [0.15, 0.2) is 36.5 Å². The second-order valence-electron chi connectivity index (χ2n) is 5.46. The number of likely N-dealkylation sites (tertiary alicyclic amines) is 1. The lowest BCUT2D eigenvalue weighted by Gasteiger charge is -2.10. The summed E-state index contributed by atoms with van der Waals surface area (Å²) in [7, 11) is 2.06. The molecule has 1 aromatic heterocycles. The van der Waals surface area contributed by atoms with E-state index >= 15 is 0 Å². The third-order valence-corrected chi connectivity index (χ3v) is 4.82. The van der Waals surface area contributed by atoms with Crippen LogP contribution in [-0.4, -0.2) is 35.9 Å². The van der Waals surface area contributed by atoms with Gasteiger partial charge in [0.15, 0.2) is 0 Å². The molecule has 1 fully saturated rings. The second-order valence-corrected chi connectivity index (χ2v) is 6.58. The summed E-state index contributed by atoms with van der Waals surface area (Å²) in [6.45, 7) is 2.45. The lowest BCUT2D eigenvalue weighted by molar-refractivity contribution is -0.124. The third-order valence-electron chi connectivity index (χ3n) is 3.77. The lowest BCUT2D eigenvalue weighted by Crippen LogP contribution is -2.31. The molecule has 0 saturated carbocycles. The molecule has 0 unspecified atom stereocenters. The van der Waals surface area contributed by atoms with E-state index < -0.39 is 0 Å². The van der Waals surface area contributed by atoms with Gasteiger partial charge in [-0.3, -0.25) is 4.79 Å². The van der Waals surface area contributed by atoms with Crippen molar-refractivity contribution in [1.29, 1.82) is 0 Å². The van der Waals surface area contributed by atoms with Crippen LogP contribution in [0.25, 0.3) is 10.6 Å². The van der Waals surface area contributed by atoms with Crippen molar-refractivity contribution in [3.63, 3.8) is 0 Å². The van der Waals surface area contributed by atoms with E-state index in [-0.39, 0.29) is 11.8 Å². The number of nitrogens with one attached hydrogen (secondary N) is 1. The van der Waals surface area contributed by atoms with Crippen LogP contribution >= 0.6 is 11.3 Å². The van der Waals surface area contributed by atoms with Crippen molar-refractivity contribution in [3.05, 3.63) is 41.4 Å². The number of rotatable bonds is 4. The molecular weight excluding hydrogens is 282 g/mol. The Labute approximate surface area is 128 Å². The Morgan fingerprint density at radius 1 is 1.43 bits per heavy atom. The van der Waals surface area contributed by atoms with Crippen LogP contribution in [0, 0.1) is 5.92 Å². The van der Waals surface area contributed by atoms with Crippen LogP contribution in [0.4, 0.5) is 0 Å². The molecule has 0 aliphatic carbocycles. The van der Waals surface area contributed by atoms with Gasteiger partial charge < -0.3 is 10.2 Å². The van der Waals surface area contributed by atoms with E-state index in [2.05, 4.69) is 34.4 Å². The van der Waals surface area contributed by atoms with E-state index in [9.17, 15) is 4.79 Å². The molecular formula is C16H19N3OS. The Morgan fingerprint density at radius 3 is 2.95 bits per heavy atom. The minimum absolute atomic E-state index is 0.136. The zero-order valence-electron chi connectivity index (χ0n) is 12.1. The highest BCUT2D eigenvalue weighted by atomic mass is 32.1. The maximum absolute atomic E-state index is 12.1. The molecule has 0 radical (unpaired) electrons. The molecule has 5 heteroatoms. The van der Waals surface area contributed by atoms with E-state index in [4.69, 9.17) is 0 Å². The van der Waals surface area contributed by atoms with Crippen LogP contribution in [0.5, 0.6) is 0 Å². The first-order chi connectivity index (χ1) is 10.2. The Bertz CT molecular complexity index is 611. The standard InChI is InChI=1S/C16H19N3OS/c1-19-8-7-13(11-19)15(20)17-9-14-10-18-16(21-14)12-5-3-2-4-6-12/h2-6,10,13H,7-9,11H2,1H3,(H,17,20)/t13-/m1/s1. The summed E-state index contributed by atoms with van der Waals surface area (Å²) in [4.78, 5) is 19.8. The van der Waals surface area contributed by atoms with Gasteiger partial charge in [0.2, 0.25) is 5.91 Å². The maximum atomic E-state index is 12.1. The zero-order chi connectivity index (χ0) is 14.7. The van der Waals surface area contributed by atoms with E-state index in [1.54, 1.807) is 11.3 Å². The van der Waals surface area contributed by atoms with Crippen molar-refractivity contribution in [1.82, 2.24) is 15.2 Å². The number of carbonyl (C=O) groups excluding carboxylic acids is 1. The maximum Gasteiger partial charge on any atom is 0.224 e. The highest BCUT2D eigenvalue weighted by Crippen LogP contribution is 2.24. The molecule has 21 heavy (non-hydrogen) atoms. The smallest absolute Gasteiger partial charge is 0.224 e. The van der Waals surface area contributed by atoms with Gasteiger partial charge in [0.1, 0.15) is 5.01 Å². The van der Waals surface area contributed by atoms with Crippen molar-refractivity contribution in [2.45, 2.75) is 13.0 Å². The highest BCUT2D eigenvalue weighted by molar-refractivity contribution is 7.15. The Balaban J connectivity index is 1.57. The van der Waals surface area contributed by atoms with Crippen molar-refractivity contribution in [2.75, 3.05) is 20.1 Å². The minimum atomic E-state index is 0.136. The number of carbonyl (C=O) groups is 1. The first-order valence-electron chi connectivity index (χ1n) is 7.19. The van der Waals surface area contributed by atoms with Gasteiger partial charge in [-0.15, -0.1) is 11.3 Å². The third kappa shape index (κ3) is 3.49. The summed E-state index contributed by atoms with van der Waals surface area (Å²) < 4.78 is 0. The van der Waals surface area contributed by atoms with Gasteiger partial charge in [0.05, 0.1) is 12.5 Å². The predicted molar refractivity (Wildman–Crippen MR) is 85.0 cm³/mol. The highest BCUT2D eigenvalue weighted by Gasteiger charge is 2.25. The number of hydrogen-bond acceptors (Lipinski definition) is 4. The molecule has 1 N–H and O–H groups in total. The number of hydrogen-bond donors (Lipinski definition) is 1. The molecule has 110 valence electrons. The summed E-state index contributed by atoms with van der Waals surface area (Å²) in [5.74, 6) is 0.297. The van der Waals surface area contributed by atoms with Crippen molar-refractivity contribution in [3.8, 4) is 10.6 Å². The molecule has 1 saturated heterocycles. The minimum Gasteiger partial charge on any atom is -0.351 e. The van der Waals surface area contributed by atoms with Gasteiger partial charge in [-0.25, -0.2) is 4.98 Å². The first-order valence-corrected chi connectivity index (χ1v) is 8.00. The van der Waals surface area contributed by atoms with Crippen molar-refractivity contribution >= 4 is 17.2 Å². The van der Waals surface area contributed by atoms with E-state index in [0.29, 0.717) is 6.54 Å². The van der Waals surface area contributed by atoms with Gasteiger partial charge in [-0.2, -0.15) is 0 Å². The quantitative estimate of drug-likeness (QED) is 0.943. The molecule has 1 aromatic carbocycles. The van der Waals surface area contributed by atoms with Gasteiger partial charge in [-0.1, -0.05) is 30.3 Å². The number of thiazole rings is 1. The largest absolute Gasteiger partial charge is 0.351 e. The molecule has 1 atom stereocenters. The summed E-state index contributed by atoms with van der Waals surface area (Å²) >= 11 is 1.63. The topological polar surface area (TPSA) is 45.2 Å². The van der Waals surface area contributed by atoms with E-state index in [1.807, 2.05) is 24.4 Å². The molecule has 3 rings (SSSR count). The summed E-state index contributed by atoms with van der Waals surface area (Å²) in [5.41, 5.74) is 1.12. The monoisotopic (exact) mass is 301 g/mol. The van der Waals surface area contributed by atoms with Crippen LogP contribution in [0.3, 0.4) is 0 Å². The lowest BCUT2D eigenvalue weighted by atomic mass is 10.1. The Morgan fingerprint density at radius 2 is 2.24 bits per heavy atom. The second kappa shape index (κ2) is 6.37. The van der Waals surface area contributed by atoms with Crippen LogP contribution < -0.4 is 5.32 Å². The van der Waals surface area contributed by atoms with Crippen LogP contribution in [0.1, 0.15) is 11.3 Å². The first kappa shape index (κ1) is 14.2. The van der Waals surface area contributed by atoms with Gasteiger partial charge in [0.25, 0.3) is 0 Å². The van der Waals surface area contributed by atoms with Crippen molar-refractivity contribution < 1.29 is 4.79 Å². The summed E-state index contributed by atoms with van der Waals surface area (Å²) in [5, 5.41) is 4.03. The van der Waals surface area contributed by atoms with Gasteiger partial charge >= 0.3 is 0 Å². The predicted octanol–water partition coefficient (Wildman–Crippen LogP) is 2.38. The van der Waals surface area contributed by atoms with E-state index in [0.717, 1.165) is 35.0 Å². The average Bonchev–Trinajstić information content (AvgIpc) is 3.15. The molecule has 1 aliphatic heterocycles. The molecule has 4 nitrogen and oxygen atoms in total. The van der Waals surface area contributed by atoms with Crippen LogP contribution in [-0.2, 0) is 11.3 Å². The van der Waals surface area contributed by atoms with E-state index in [1.165, 1.54) is 0 Å². The Kier molecular flexibility index (Phi) is 4.31. The van der Waals surface area contributed by atoms with Gasteiger partial charge in [0, 0.05) is 23.2 Å². The number of benzene rings is 1. The van der Waals surface area contributed by atoms with Crippen LogP contribution in [0.2, 0.25) is 0 Å². The molecule has 1 amide bonds. The fraction of sp³-hybridized carbons (Fsp3) is 0.375.